The van der Waals surface area contributed by atoms with E-state index in [2.05, 4.69) is 31.3 Å². The van der Waals surface area contributed by atoms with Gasteiger partial charge in [0.2, 0.25) is 5.91 Å². The van der Waals surface area contributed by atoms with Crippen LogP contribution in [0.15, 0.2) is 24.3 Å². The molecule has 344 valence electrons. The predicted molar refractivity (Wildman–Crippen MR) is 249 cm³/mol. The Bertz CT molecular complexity index is 1000. The largest absolute Gasteiger partial charge is 0.472 e. The molecule has 0 bridgehead atoms. The molecule has 0 saturated heterocycles. The number of likely N-dealkylation sites (N-methyl/N-ethyl adjacent to an activating group) is 1. The Morgan fingerprint density at radius 2 is 0.948 bits per heavy atom. The molecule has 0 aliphatic carbocycles. The Morgan fingerprint density at radius 1 is 0.569 bits per heavy atom. The van der Waals surface area contributed by atoms with Crippen molar-refractivity contribution in [2.24, 2.45) is 0 Å². The first-order valence-electron chi connectivity index (χ1n) is 24.7. The number of allylic oxidation sites excluding steroid dienone is 3. The van der Waals surface area contributed by atoms with Crippen LogP contribution < -0.4 is 5.32 Å². The van der Waals surface area contributed by atoms with Crippen molar-refractivity contribution in [3.8, 4) is 0 Å². The number of quaternary nitrogens is 1. The topological polar surface area (TPSA) is 105 Å². The van der Waals surface area contributed by atoms with Crippen LogP contribution in [0, 0.1) is 0 Å². The van der Waals surface area contributed by atoms with E-state index in [1.165, 1.54) is 161 Å². The number of unbranched alkanes of at least 4 members (excludes halogenated alkanes) is 30. The molecule has 3 unspecified atom stereocenters. The van der Waals surface area contributed by atoms with E-state index in [0.29, 0.717) is 17.4 Å². The second kappa shape index (κ2) is 41.3. The molecule has 0 fully saturated rings. The van der Waals surface area contributed by atoms with Crippen LogP contribution in [-0.4, -0.2) is 73.4 Å². The number of amides is 1. The Hall–Kier alpha value is -1.02. The highest BCUT2D eigenvalue weighted by Gasteiger charge is 2.27. The Morgan fingerprint density at radius 3 is 1.38 bits per heavy atom. The van der Waals surface area contributed by atoms with Crippen LogP contribution in [0.1, 0.15) is 232 Å². The molecule has 0 aliphatic heterocycles. The number of phosphoric acid groups is 1. The van der Waals surface area contributed by atoms with Crippen LogP contribution >= 0.6 is 7.82 Å². The fourth-order valence-electron chi connectivity index (χ4n) is 7.20. The fourth-order valence-corrected chi connectivity index (χ4v) is 7.94. The predicted octanol–water partition coefficient (Wildman–Crippen LogP) is 14.1. The lowest BCUT2D eigenvalue weighted by molar-refractivity contribution is -0.870. The van der Waals surface area contributed by atoms with Gasteiger partial charge in [0, 0.05) is 6.42 Å². The Balaban J connectivity index is 4.20. The van der Waals surface area contributed by atoms with E-state index >= 15 is 0 Å². The van der Waals surface area contributed by atoms with Gasteiger partial charge in [-0.05, 0) is 38.5 Å². The van der Waals surface area contributed by atoms with Crippen LogP contribution in [0.3, 0.4) is 0 Å². The molecule has 0 heterocycles. The lowest BCUT2D eigenvalue weighted by Crippen LogP contribution is -2.45. The third kappa shape index (κ3) is 43.1. The number of rotatable bonds is 45. The molecular weight excluding hydrogens is 744 g/mol. The van der Waals surface area contributed by atoms with Crippen molar-refractivity contribution in [1.82, 2.24) is 5.32 Å². The zero-order valence-electron chi connectivity index (χ0n) is 39.0. The highest BCUT2D eigenvalue weighted by molar-refractivity contribution is 7.47. The Kier molecular flexibility index (Phi) is 40.6. The summed E-state index contributed by atoms with van der Waals surface area (Å²) >= 11 is 0. The van der Waals surface area contributed by atoms with Crippen molar-refractivity contribution < 1.29 is 32.9 Å². The van der Waals surface area contributed by atoms with E-state index in [9.17, 15) is 19.4 Å². The zero-order chi connectivity index (χ0) is 42.8. The molecule has 8 nitrogen and oxygen atoms in total. The number of hydrogen-bond acceptors (Lipinski definition) is 5. The summed E-state index contributed by atoms with van der Waals surface area (Å²) in [5, 5.41) is 13.8. The van der Waals surface area contributed by atoms with E-state index in [-0.39, 0.29) is 19.1 Å². The number of hydrogen-bond donors (Lipinski definition) is 3. The summed E-state index contributed by atoms with van der Waals surface area (Å²) in [7, 11) is 1.57. The van der Waals surface area contributed by atoms with Crippen molar-refractivity contribution in [2.45, 2.75) is 244 Å². The number of phosphoric ester groups is 1. The van der Waals surface area contributed by atoms with Crippen LogP contribution in [0.2, 0.25) is 0 Å². The van der Waals surface area contributed by atoms with Crippen LogP contribution in [0.25, 0.3) is 0 Å². The normalized spacial score (nSPS) is 14.4. The molecule has 0 spiro atoms. The summed E-state index contributed by atoms with van der Waals surface area (Å²) in [6.45, 7) is 4.78. The number of carbonyl (C=O) groups is 1. The third-order valence-corrected chi connectivity index (χ3v) is 12.1. The molecule has 0 saturated carbocycles. The third-order valence-electron chi connectivity index (χ3n) is 11.2. The summed E-state index contributed by atoms with van der Waals surface area (Å²) < 4.78 is 23.6. The summed E-state index contributed by atoms with van der Waals surface area (Å²) in [6, 6.07) is -0.847. The van der Waals surface area contributed by atoms with Gasteiger partial charge in [-0.15, -0.1) is 0 Å². The first-order valence-corrected chi connectivity index (χ1v) is 26.2. The summed E-state index contributed by atoms with van der Waals surface area (Å²) in [5.74, 6) is -0.187. The minimum absolute atomic E-state index is 0.0610. The first kappa shape index (κ1) is 57.0. The second-order valence-electron chi connectivity index (χ2n) is 18.2. The van der Waals surface area contributed by atoms with E-state index in [4.69, 9.17) is 9.05 Å². The van der Waals surface area contributed by atoms with Gasteiger partial charge in [-0.25, -0.2) is 4.57 Å². The molecule has 0 rings (SSSR count). The van der Waals surface area contributed by atoms with Crippen LogP contribution in [-0.2, 0) is 18.4 Å². The zero-order valence-corrected chi connectivity index (χ0v) is 39.9. The van der Waals surface area contributed by atoms with Gasteiger partial charge in [-0.1, -0.05) is 212 Å². The molecule has 0 aromatic heterocycles. The lowest BCUT2D eigenvalue weighted by Gasteiger charge is -2.25. The second-order valence-corrected chi connectivity index (χ2v) is 19.6. The summed E-state index contributed by atoms with van der Waals surface area (Å²) in [6.07, 6.45) is 49.8. The van der Waals surface area contributed by atoms with Gasteiger partial charge in [-0.3, -0.25) is 13.8 Å². The summed E-state index contributed by atoms with van der Waals surface area (Å²) in [5.41, 5.74) is 0. The highest BCUT2D eigenvalue weighted by atomic mass is 31.2. The molecule has 0 aromatic carbocycles. The van der Waals surface area contributed by atoms with Crippen molar-refractivity contribution in [3.05, 3.63) is 24.3 Å². The van der Waals surface area contributed by atoms with Gasteiger partial charge in [0.1, 0.15) is 13.2 Å². The van der Waals surface area contributed by atoms with Crippen molar-refractivity contribution in [3.63, 3.8) is 0 Å². The first-order chi connectivity index (χ1) is 28.0. The smallest absolute Gasteiger partial charge is 0.387 e. The number of nitrogens with one attached hydrogen (secondary N) is 1. The summed E-state index contributed by atoms with van der Waals surface area (Å²) in [4.78, 5) is 23.1. The van der Waals surface area contributed by atoms with E-state index in [1.807, 2.05) is 27.2 Å². The minimum Gasteiger partial charge on any atom is -0.387 e. The van der Waals surface area contributed by atoms with Gasteiger partial charge in [0.15, 0.2) is 0 Å². The van der Waals surface area contributed by atoms with E-state index in [1.54, 1.807) is 6.08 Å². The van der Waals surface area contributed by atoms with Crippen LogP contribution in [0.4, 0.5) is 0 Å². The van der Waals surface area contributed by atoms with Gasteiger partial charge in [0.05, 0.1) is 39.9 Å². The van der Waals surface area contributed by atoms with Crippen molar-refractivity contribution in [2.75, 3.05) is 40.9 Å². The fraction of sp³-hybridized carbons (Fsp3) is 0.898. The SMILES string of the molecule is CCCC/C=C\CCCCCCCC(=O)NC(COP(=O)(O)OCC[N+](C)(C)C)C(O)/C=C/CCCCCCCCCCCCCCCCCCCCCCCCC. The van der Waals surface area contributed by atoms with Gasteiger partial charge in [-0.2, -0.15) is 0 Å². The van der Waals surface area contributed by atoms with Gasteiger partial charge < -0.3 is 19.8 Å². The van der Waals surface area contributed by atoms with Gasteiger partial charge >= 0.3 is 7.82 Å². The molecule has 0 radical (unpaired) electrons. The average Bonchev–Trinajstić information content (AvgIpc) is 3.17. The quantitative estimate of drug-likeness (QED) is 0.0244. The molecule has 0 aliphatic rings. The number of aliphatic hydroxyl groups excluding tert-OH is 1. The van der Waals surface area contributed by atoms with Crippen molar-refractivity contribution >= 4 is 13.7 Å². The molecule has 3 N–H and O–H groups in total. The molecule has 3 atom stereocenters. The monoisotopic (exact) mass is 842 g/mol. The molecule has 0 aromatic rings. The average molecular weight is 842 g/mol. The minimum atomic E-state index is -4.34. The van der Waals surface area contributed by atoms with E-state index < -0.39 is 20.0 Å². The van der Waals surface area contributed by atoms with Gasteiger partial charge in [0.25, 0.3) is 0 Å². The number of aliphatic hydroxyl groups is 1. The maximum absolute atomic E-state index is 12.8. The molecule has 58 heavy (non-hydrogen) atoms. The maximum atomic E-state index is 12.8. The Labute approximate surface area is 360 Å². The van der Waals surface area contributed by atoms with E-state index in [0.717, 1.165) is 51.4 Å². The highest BCUT2D eigenvalue weighted by Crippen LogP contribution is 2.43. The number of carbonyl (C=O) groups excluding carboxylic acids is 1. The van der Waals surface area contributed by atoms with Crippen molar-refractivity contribution in [1.29, 1.82) is 0 Å². The number of nitrogens with zero attached hydrogens (tertiary/aromatic N) is 1. The lowest BCUT2D eigenvalue weighted by atomic mass is 10.0. The molecule has 1 amide bonds. The molecular formula is C49H98N2O6P+. The molecule has 9 heteroatoms. The van der Waals surface area contributed by atoms with Crippen LogP contribution in [0.5, 0.6) is 0 Å². The standard InChI is InChI=1S/C49H97N2O6P/c1-6-8-10-12-14-16-18-19-20-21-22-23-24-25-26-27-28-29-30-31-33-34-36-38-40-42-48(52)47(46-57-58(54,55)56-45-44-51(3,4)5)50-49(53)43-41-39-37-35-32-17-15-13-11-9-7-2/h13,15,40,42,47-48,52H,6-12,14,16-39,41,43-46H2,1-5H3,(H-,50,53,54,55)/p+1/b15-13-,42-40+. The maximum Gasteiger partial charge on any atom is 0.472 e.